The van der Waals surface area contributed by atoms with Gasteiger partial charge in [-0.2, -0.15) is 0 Å². The van der Waals surface area contributed by atoms with Crippen molar-refractivity contribution < 1.29 is 4.79 Å². The number of aromatic nitrogens is 2. The highest BCUT2D eigenvalue weighted by molar-refractivity contribution is 6.35. The third-order valence-corrected chi connectivity index (χ3v) is 3.90. The van der Waals surface area contributed by atoms with Crippen molar-refractivity contribution in [3.63, 3.8) is 0 Å². The second-order valence-electron chi connectivity index (χ2n) is 4.82. The van der Waals surface area contributed by atoms with Crippen LogP contribution in [0, 0.1) is 0 Å². The van der Waals surface area contributed by atoms with E-state index in [4.69, 9.17) is 23.2 Å². The fraction of sp³-hybridized carbons (Fsp3) is 0.0625. The summed E-state index contributed by atoms with van der Waals surface area (Å²) >= 11 is 11.9. The number of benzene rings is 1. The molecule has 1 N–H and O–H groups in total. The van der Waals surface area contributed by atoms with Crippen LogP contribution < -0.4 is 10.9 Å². The van der Waals surface area contributed by atoms with Crippen LogP contribution >= 0.6 is 23.2 Å². The Morgan fingerprint density at radius 2 is 2.04 bits per heavy atom. The molecular formula is C16H11Cl2N3O2. The Bertz CT molecular complexity index is 953. The van der Waals surface area contributed by atoms with Gasteiger partial charge in [0.05, 0.1) is 0 Å². The molecular weight excluding hydrogens is 337 g/mol. The van der Waals surface area contributed by atoms with Crippen molar-refractivity contribution in [3.05, 3.63) is 80.3 Å². The lowest BCUT2D eigenvalue weighted by Gasteiger charge is -2.08. The van der Waals surface area contributed by atoms with E-state index in [2.05, 4.69) is 10.3 Å². The maximum absolute atomic E-state index is 12.3. The third-order valence-electron chi connectivity index (χ3n) is 3.31. The molecule has 3 rings (SSSR count). The Morgan fingerprint density at radius 1 is 1.22 bits per heavy atom. The molecule has 23 heavy (non-hydrogen) atoms. The number of fused-ring (bicyclic) bond motifs is 1. The van der Waals surface area contributed by atoms with Gasteiger partial charge < -0.3 is 5.32 Å². The van der Waals surface area contributed by atoms with E-state index in [0.29, 0.717) is 21.3 Å². The molecule has 2 heterocycles. The molecule has 7 heteroatoms. The van der Waals surface area contributed by atoms with Crippen LogP contribution in [0.4, 0.5) is 0 Å². The molecule has 1 amide bonds. The Labute approximate surface area is 141 Å². The quantitative estimate of drug-likeness (QED) is 0.792. The van der Waals surface area contributed by atoms with Gasteiger partial charge in [0.1, 0.15) is 11.2 Å². The molecule has 0 spiro atoms. The van der Waals surface area contributed by atoms with Crippen molar-refractivity contribution in [1.82, 2.24) is 14.7 Å². The van der Waals surface area contributed by atoms with Crippen LogP contribution in [0.5, 0.6) is 0 Å². The summed E-state index contributed by atoms with van der Waals surface area (Å²) in [6.07, 6.45) is 2.84. The van der Waals surface area contributed by atoms with Gasteiger partial charge >= 0.3 is 0 Å². The van der Waals surface area contributed by atoms with Crippen molar-refractivity contribution in [3.8, 4) is 0 Å². The molecule has 0 aliphatic carbocycles. The summed E-state index contributed by atoms with van der Waals surface area (Å²) in [4.78, 5) is 28.6. The van der Waals surface area contributed by atoms with E-state index in [1.54, 1.807) is 42.6 Å². The van der Waals surface area contributed by atoms with Gasteiger partial charge in [-0.1, -0.05) is 35.3 Å². The maximum Gasteiger partial charge on any atom is 0.270 e. The number of pyridine rings is 1. The number of halogens is 2. The highest BCUT2D eigenvalue weighted by Gasteiger charge is 2.13. The Kier molecular flexibility index (Phi) is 4.32. The normalized spacial score (nSPS) is 10.7. The van der Waals surface area contributed by atoms with Gasteiger partial charge in [0.2, 0.25) is 0 Å². The minimum atomic E-state index is -0.508. The smallest absolute Gasteiger partial charge is 0.270 e. The molecule has 0 saturated carbocycles. The minimum absolute atomic E-state index is 0.0289. The molecule has 5 nitrogen and oxygen atoms in total. The van der Waals surface area contributed by atoms with Gasteiger partial charge in [0, 0.05) is 29.0 Å². The molecule has 0 saturated heterocycles. The van der Waals surface area contributed by atoms with Crippen molar-refractivity contribution in [2.24, 2.45) is 0 Å². The molecule has 0 radical (unpaired) electrons. The molecule has 1 aromatic carbocycles. The summed E-state index contributed by atoms with van der Waals surface area (Å²) in [5, 5.41) is 3.63. The third kappa shape index (κ3) is 3.21. The average Bonchev–Trinajstić information content (AvgIpc) is 2.54. The summed E-state index contributed by atoms with van der Waals surface area (Å²) in [6.45, 7) is 0.186. The standard InChI is InChI=1S/C16H11Cl2N3O2/c17-11-5-4-10(13(18)7-11)8-20-15(22)12-9-19-14-3-1-2-6-21(14)16(12)23/h1-7,9H,8H2,(H,20,22). The molecule has 2 aromatic heterocycles. The van der Waals surface area contributed by atoms with Crippen LogP contribution in [0.3, 0.4) is 0 Å². The zero-order chi connectivity index (χ0) is 16.4. The highest BCUT2D eigenvalue weighted by Crippen LogP contribution is 2.20. The summed E-state index contributed by atoms with van der Waals surface area (Å²) in [5.41, 5.74) is 0.738. The summed E-state index contributed by atoms with van der Waals surface area (Å²) in [6, 6.07) is 10.2. The van der Waals surface area contributed by atoms with E-state index in [1.807, 2.05) is 0 Å². The number of nitrogens with one attached hydrogen (secondary N) is 1. The van der Waals surface area contributed by atoms with Crippen LogP contribution in [0.15, 0.2) is 53.6 Å². The molecule has 0 fully saturated rings. The predicted octanol–water partition coefficient (Wildman–Crippen LogP) is 2.93. The lowest BCUT2D eigenvalue weighted by atomic mass is 10.2. The number of amides is 1. The van der Waals surface area contributed by atoms with Crippen LogP contribution in [0.25, 0.3) is 5.65 Å². The summed E-state index contributed by atoms with van der Waals surface area (Å²) < 4.78 is 1.32. The molecule has 116 valence electrons. The Morgan fingerprint density at radius 3 is 2.83 bits per heavy atom. The van der Waals surface area contributed by atoms with Gasteiger partial charge in [-0.3, -0.25) is 14.0 Å². The number of hydrogen-bond donors (Lipinski definition) is 1. The van der Waals surface area contributed by atoms with Gasteiger partial charge in [0.15, 0.2) is 0 Å². The lowest BCUT2D eigenvalue weighted by molar-refractivity contribution is 0.0949. The van der Waals surface area contributed by atoms with Crippen molar-refractivity contribution >= 4 is 34.8 Å². The van der Waals surface area contributed by atoms with Crippen LogP contribution in [-0.2, 0) is 6.54 Å². The molecule has 0 bridgehead atoms. The van der Waals surface area contributed by atoms with Crippen molar-refractivity contribution in [2.45, 2.75) is 6.54 Å². The Hall–Kier alpha value is -2.37. The number of carbonyl (C=O) groups is 1. The molecule has 0 unspecified atom stereocenters. The first-order valence-corrected chi connectivity index (χ1v) is 7.50. The topological polar surface area (TPSA) is 63.5 Å². The van der Waals surface area contributed by atoms with E-state index >= 15 is 0 Å². The second kappa shape index (κ2) is 6.40. The molecule has 0 atom stereocenters. The number of nitrogens with zero attached hydrogens (tertiary/aromatic N) is 2. The highest BCUT2D eigenvalue weighted by atomic mass is 35.5. The fourth-order valence-corrected chi connectivity index (χ4v) is 2.59. The minimum Gasteiger partial charge on any atom is -0.348 e. The van der Waals surface area contributed by atoms with Gasteiger partial charge in [-0.05, 0) is 29.8 Å². The summed E-state index contributed by atoms with van der Waals surface area (Å²) in [5.74, 6) is -0.508. The maximum atomic E-state index is 12.3. The van der Waals surface area contributed by atoms with Crippen molar-refractivity contribution in [1.29, 1.82) is 0 Å². The first-order valence-electron chi connectivity index (χ1n) is 6.75. The number of rotatable bonds is 3. The Balaban J connectivity index is 1.84. The summed E-state index contributed by atoms with van der Waals surface area (Å²) in [7, 11) is 0. The zero-order valence-corrected chi connectivity index (χ0v) is 13.3. The van der Waals surface area contributed by atoms with E-state index in [0.717, 1.165) is 0 Å². The number of carbonyl (C=O) groups excluding carboxylic acids is 1. The molecule has 0 aliphatic heterocycles. The second-order valence-corrected chi connectivity index (χ2v) is 5.67. The van der Waals surface area contributed by atoms with E-state index in [-0.39, 0.29) is 12.1 Å². The monoisotopic (exact) mass is 347 g/mol. The molecule has 3 aromatic rings. The van der Waals surface area contributed by atoms with Crippen LogP contribution in [-0.4, -0.2) is 15.3 Å². The number of hydrogen-bond acceptors (Lipinski definition) is 3. The predicted molar refractivity (Wildman–Crippen MR) is 89.1 cm³/mol. The van der Waals surface area contributed by atoms with Crippen LogP contribution in [0.2, 0.25) is 10.0 Å². The van der Waals surface area contributed by atoms with Crippen LogP contribution in [0.1, 0.15) is 15.9 Å². The molecule has 0 aliphatic rings. The van der Waals surface area contributed by atoms with Gasteiger partial charge in [0.25, 0.3) is 11.5 Å². The zero-order valence-electron chi connectivity index (χ0n) is 11.8. The SMILES string of the molecule is O=C(NCc1ccc(Cl)cc1Cl)c1cnc2ccccn2c1=O. The van der Waals surface area contributed by atoms with Gasteiger partial charge in [-0.15, -0.1) is 0 Å². The van der Waals surface area contributed by atoms with E-state index < -0.39 is 11.5 Å². The fourth-order valence-electron chi connectivity index (χ4n) is 2.12. The average molecular weight is 348 g/mol. The van der Waals surface area contributed by atoms with E-state index in [9.17, 15) is 9.59 Å². The van der Waals surface area contributed by atoms with Crippen molar-refractivity contribution in [2.75, 3.05) is 0 Å². The largest absolute Gasteiger partial charge is 0.348 e. The van der Waals surface area contributed by atoms with Gasteiger partial charge in [-0.25, -0.2) is 4.98 Å². The first-order chi connectivity index (χ1) is 11.1. The first kappa shape index (κ1) is 15.5. The lowest BCUT2D eigenvalue weighted by Crippen LogP contribution is -2.31. The van der Waals surface area contributed by atoms with E-state index in [1.165, 1.54) is 10.6 Å².